The highest BCUT2D eigenvalue weighted by molar-refractivity contribution is 5.94. The molecule has 0 aliphatic carbocycles. The third-order valence-electron chi connectivity index (χ3n) is 8.33. The number of nitrogens with zero attached hydrogens (tertiary/aromatic N) is 3. The number of pyridine rings is 1. The van der Waals surface area contributed by atoms with Crippen molar-refractivity contribution in [2.45, 2.75) is 45.5 Å². The first-order chi connectivity index (χ1) is 27.8. The third-order valence-corrected chi connectivity index (χ3v) is 8.33. The maximum absolute atomic E-state index is 13.2. The number of hydrazine groups is 1. The molecule has 1 aromatic heterocycles. The van der Waals surface area contributed by atoms with Gasteiger partial charge >= 0.3 is 24.4 Å². The molecule has 0 bridgehead atoms. The Labute approximate surface area is 331 Å². The second-order valence-corrected chi connectivity index (χ2v) is 12.7. The van der Waals surface area contributed by atoms with Gasteiger partial charge in [0.25, 0.3) is 5.91 Å². The van der Waals surface area contributed by atoms with Crippen LogP contribution < -0.4 is 21.5 Å². The Morgan fingerprint density at radius 3 is 1.47 bits per heavy atom. The number of carbonyl (C=O) groups is 5. The molecule has 16 heteroatoms. The summed E-state index contributed by atoms with van der Waals surface area (Å²) in [6.45, 7) is 2.22. The van der Waals surface area contributed by atoms with Crippen molar-refractivity contribution >= 4 is 36.1 Å². The SMILES string of the molecule is O=C(O)NNc1ccc(C(=O)NCCCN(CCCCN(CCCNC(=O)OCc2ccccc2)C(=O)OCc2ccccc2)C(=O)OCc2ccccc2)cn1. The molecule has 4 aromatic rings. The number of aromatic nitrogens is 1. The molecule has 0 aliphatic rings. The van der Waals surface area contributed by atoms with Crippen LogP contribution in [0.2, 0.25) is 0 Å². The highest BCUT2D eigenvalue weighted by Gasteiger charge is 2.18. The maximum atomic E-state index is 13.2. The molecule has 0 atom stereocenters. The van der Waals surface area contributed by atoms with Gasteiger partial charge in [0.2, 0.25) is 0 Å². The predicted octanol–water partition coefficient (Wildman–Crippen LogP) is 6.17. The summed E-state index contributed by atoms with van der Waals surface area (Å²) in [7, 11) is 0. The summed E-state index contributed by atoms with van der Waals surface area (Å²) in [5.74, 6) is -0.156. The van der Waals surface area contributed by atoms with Crippen LogP contribution in [0.4, 0.5) is 25.0 Å². The van der Waals surface area contributed by atoms with E-state index in [0.29, 0.717) is 51.9 Å². The molecule has 0 unspecified atom stereocenters. The highest BCUT2D eigenvalue weighted by Crippen LogP contribution is 2.10. The maximum Gasteiger partial charge on any atom is 0.423 e. The molecule has 3 aromatic carbocycles. The van der Waals surface area contributed by atoms with Crippen molar-refractivity contribution < 1.29 is 43.3 Å². The summed E-state index contributed by atoms with van der Waals surface area (Å²) in [5, 5.41) is 14.2. The summed E-state index contributed by atoms with van der Waals surface area (Å²) in [6, 6.07) is 31.0. The molecular formula is C41H49N7O9. The minimum Gasteiger partial charge on any atom is -0.464 e. The second-order valence-electron chi connectivity index (χ2n) is 12.7. The van der Waals surface area contributed by atoms with Crippen molar-refractivity contribution in [1.29, 1.82) is 0 Å². The van der Waals surface area contributed by atoms with Crippen molar-refractivity contribution in [2.75, 3.05) is 44.7 Å². The summed E-state index contributed by atoms with van der Waals surface area (Å²) in [4.78, 5) is 69.2. The quantitative estimate of drug-likeness (QED) is 0.0347. The Morgan fingerprint density at radius 1 is 0.561 bits per heavy atom. The van der Waals surface area contributed by atoms with Gasteiger partial charge in [0.1, 0.15) is 25.6 Å². The summed E-state index contributed by atoms with van der Waals surface area (Å²) >= 11 is 0. The van der Waals surface area contributed by atoms with Crippen LogP contribution in [0.3, 0.4) is 0 Å². The van der Waals surface area contributed by atoms with E-state index < -0.39 is 24.4 Å². The number of unbranched alkanes of at least 4 members (excludes halogenated alkanes) is 1. The lowest BCUT2D eigenvalue weighted by Gasteiger charge is -2.24. The van der Waals surface area contributed by atoms with E-state index >= 15 is 0 Å². The van der Waals surface area contributed by atoms with Gasteiger partial charge in [-0.15, -0.1) is 0 Å². The predicted molar refractivity (Wildman–Crippen MR) is 211 cm³/mol. The Morgan fingerprint density at radius 2 is 1.02 bits per heavy atom. The van der Waals surface area contributed by atoms with Crippen LogP contribution in [0.15, 0.2) is 109 Å². The molecule has 5 amide bonds. The number of amides is 5. The fraction of sp³-hybridized carbons (Fsp3) is 0.317. The number of nitrogens with one attached hydrogen (secondary N) is 4. The van der Waals surface area contributed by atoms with E-state index in [1.54, 1.807) is 9.80 Å². The Kier molecular flexibility index (Phi) is 18.5. The third kappa shape index (κ3) is 17.0. The first kappa shape index (κ1) is 42.9. The van der Waals surface area contributed by atoms with Gasteiger partial charge in [0, 0.05) is 45.5 Å². The summed E-state index contributed by atoms with van der Waals surface area (Å²) in [6.07, 6.45) is 0.477. The number of hydrogen-bond acceptors (Lipinski definition) is 10. The molecule has 16 nitrogen and oxygen atoms in total. The van der Waals surface area contributed by atoms with E-state index in [9.17, 15) is 24.0 Å². The largest absolute Gasteiger partial charge is 0.464 e. The van der Waals surface area contributed by atoms with Crippen LogP contribution >= 0.6 is 0 Å². The van der Waals surface area contributed by atoms with Crippen molar-refractivity contribution in [2.24, 2.45) is 0 Å². The molecule has 0 saturated heterocycles. The van der Waals surface area contributed by atoms with Crippen molar-refractivity contribution in [3.63, 3.8) is 0 Å². The fourth-order valence-electron chi connectivity index (χ4n) is 5.34. The zero-order valence-corrected chi connectivity index (χ0v) is 31.6. The molecule has 0 fully saturated rings. The average Bonchev–Trinajstić information content (AvgIpc) is 3.24. The van der Waals surface area contributed by atoms with Crippen molar-refractivity contribution in [3.8, 4) is 0 Å². The monoisotopic (exact) mass is 783 g/mol. The Hall–Kier alpha value is -6.84. The van der Waals surface area contributed by atoms with Crippen LogP contribution in [-0.4, -0.2) is 89.4 Å². The van der Waals surface area contributed by atoms with Crippen LogP contribution in [0.25, 0.3) is 0 Å². The number of alkyl carbamates (subject to hydrolysis) is 1. The van der Waals surface area contributed by atoms with Crippen LogP contribution in [-0.2, 0) is 34.0 Å². The molecular weight excluding hydrogens is 734 g/mol. The highest BCUT2D eigenvalue weighted by atomic mass is 16.6. The number of hydrogen-bond donors (Lipinski definition) is 5. The first-order valence-electron chi connectivity index (χ1n) is 18.6. The molecule has 1 heterocycles. The normalized spacial score (nSPS) is 10.4. The Bertz CT molecular complexity index is 1820. The molecule has 0 saturated carbocycles. The van der Waals surface area contributed by atoms with Crippen molar-refractivity contribution in [1.82, 2.24) is 30.8 Å². The lowest BCUT2D eigenvalue weighted by atomic mass is 10.2. The van der Waals surface area contributed by atoms with Gasteiger partial charge in [0.15, 0.2) is 0 Å². The van der Waals surface area contributed by atoms with Gasteiger partial charge in [-0.05, 0) is 54.5 Å². The minimum absolute atomic E-state index is 0.0988. The lowest BCUT2D eigenvalue weighted by Crippen LogP contribution is -2.37. The van der Waals surface area contributed by atoms with Gasteiger partial charge in [-0.25, -0.2) is 29.6 Å². The van der Waals surface area contributed by atoms with E-state index in [2.05, 4.69) is 21.0 Å². The van der Waals surface area contributed by atoms with E-state index in [-0.39, 0.29) is 50.2 Å². The molecule has 4 rings (SSSR count). The smallest absolute Gasteiger partial charge is 0.423 e. The molecule has 302 valence electrons. The van der Waals surface area contributed by atoms with Gasteiger partial charge in [-0.2, -0.15) is 0 Å². The van der Waals surface area contributed by atoms with E-state index in [1.165, 1.54) is 18.3 Å². The lowest BCUT2D eigenvalue weighted by molar-refractivity contribution is 0.0887. The van der Waals surface area contributed by atoms with Gasteiger partial charge in [0.05, 0.1) is 5.56 Å². The van der Waals surface area contributed by atoms with Gasteiger partial charge in [-0.1, -0.05) is 91.0 Å². The number of anilines is 1. The molecule has 57 heavy (non-hydrogen) atoms. The standard InChI is InChI=1S/C41H49N7O9/c49-37(35-20-21-36(44-28-35)45-46-38(50)51)42-22-12-26-47(40(53)56-30-33-16-6-2-7-17-33)24-10-11-25-48(41(54)57-31-34-18-8-3-9-19-34)27-13-23-43-39(52)55-29-32-14-4-1-5-15-32/h1-9,14-21,28,46H,10-13,22-27,29-31H2,(H,42,49)(H,43,52)(H,44,45)(H,50,51). The molecule has 0 radical (unpaired) electrons. The topological polar surface area (TPSA) is 201 Å². The minimum atomic E-state index is -1.28. The molecule has 5 N–H and O–H groups in total. The van der Waals surface area contributed by atoms with E-state index in [0.717, 1.165) is 16.7 Å². The van der Waals surface area contributed by atoms with Crippen LogP contribution in [0.1, 0.15) is 52.7 Å². The van der Waals surface area contributed by atoms with Gasteiger partial charge < -0.3 is 39.8 Å². The average molecular weight is 784 g/mol. The molecule has 0 aliphatic heterocycles. The zero-order valence-electron chi connectivity index (χ0n) is 31.6. The van der Waals surface area contributed by atoms with Crippen molar-refractivity contribution in [3.05, 3.63) is 132 Å². The summed E-state index contributed by atoms with van der Waals surface area (Å²) < 4.78 is 16.5. The number of carbonyl (C=O) groups excluding carboxylic acids is 4. The van der Waals surface area contributed by atoms with E-state index in [4.69, 9.17) is 19.3 Å². The zero-order chi connectivity index (χ0) is 40.5. The summed E-state index contributed by atoms with van der Waals surface area (Å²) in [5.41, 5.74) is 7.21. The number of carboxylic acid groups (broad SMARTS) is 1. The second kappa shape index (κ2) is 24.5. The Balaban J connectivity index is 1.26. The van der Waals surface area contributed by atoms with Crippen LogP contribution in [0.5, 0.6) is 0 Å². The fourth-order valence-corrected chi connectivity index (χ4v) is 5.34. The van der Waals surface area contributed by atoms with Gasteiger partial charge in [-0.3, -0.25) is 10.2 Å². The number of ether oxygens (including phenoxy) is 3. The number of rotatable bonds is 22. The first-order valence-corrected chi connectivity index (χ1v) is 18.6. The number of benzene rings is 3. The van der Waals surface area contributed by atoms with Crippen LogP contribution in [0, 0.1) is 0 Å². The molecule has 0 spiro atoms. The van der Waals surface area contributed by atoms with E-state index in [1.807, 2.05) is 96.4 Å².